The minimum atomic E-state index is -0.942. The van der Waals surface area contributed by atoms with Crippen LogP contribution in [-0.2, 0) is 9.59 Å². The molecule has 1 fully saturated rings. The summed E-state index contributed by atoms with van der Waals surface area (Å²) < 4.78 is 13.0. The normalized spacial score (nSPS) is 20.7. The van der Waals surface area contributed by atoms with Gasteiger partial charge >= 0.3 is 5.97 Å². The largest absolute Gasteiger partial charge is 0.481 e. The van der Waals surface area contributed by atoms with Crippen LogP contribution in [0.2, 0.25) is 0 Å². The van der Waals surface area contributed by atoms with Gasteiger partial charge in [-0.05, 0) is 31.5 Å². The molecular weight excluding hydrogens is 291 g/mol. The molecule has 0 spiro atoms. The number of carboxylic acid groups (broad SMARTS) is 1. The predicted octanol–water partition coefficient (Wildman–Crippen LogP) is 0.879. The van der Waals surface area contributed by atoms with Gasteiger partial charge in [-0.1, -0.05) is 6.07 Å². The lowest BCUT2D eigenvalue weighted by Crippen LogP contribution is -2.41. The molecule has 2 rings (SSSR count). The Labute approximate surface area is 126 Å². The molecule has 6 nitrogen and oxygen atoms in total. The maximum Gasteiger partial charge on any atom is 0.311 e. The van der Waals surface area contributed by atoms with Crippen molar-refractivity contribution in [2.45, 2.75) is 13.3 Å². The third kappa shape index (κ3) is 3.41. The van der Waals surface area contributed by atoms with E-state index in [1.54, 1.807) is 6.92 Å². The lowest BCUT2D eigenvalue weighted by Gasteiger charge is -2.20. The Morgan fingerprint density at radius 1 is 1.41 bits per heavy atom. The van der Waals surface area contributed by atoms with Gasteiger partial charge in [0.2, 0.25) is 5.91 Å². The topological polar surface area (TPSA) is 86.7 Å². The first-order valence-corrected chi connectivity index (χ1v) is 6.87. The number of carboxylic acids is 1. The van der Waals surface area contributed by atoms with Crippen LogP contribution in [0.25, 0.3) is 0 Å². The second kappa shape index (κ2) is 6.13. The molecule has 1 atom stereocenters. The minimum Gasteiger partial charge on any atom is -0.481 e. The first-order valence-electron chi connectivity index (χ1n) is 6.87. The Bertz CT molecular complexity index is 619. The lowest BCUT2D eigenvalue weighted by molar-refractivity contribution is -0.147. The number of nitrogens with zero attached hydrogens (tertiary/aromatic N) is 1. The van der Waals surface area contributed by atoms with Gasteiger partial charge in [-0.3, -0.25) is 14.4 Å². The van der Waals surface area contributed by atoms with Crippen LogP contribution in [0.4, 0.5) is 4.39 Å². The summed E-state index contributed by atoms with van der Waals surface area (Å²) in [6.07, 6.45) is 0.381. The first-order chi connectivity index (χ1) is 10.3. The standard InChI is InChI=1S/C15H17FN2O4/c1-15(14(21)22)5-6-18(9-15)12(19)8-17-13(20)10-3-2-4-11(16)7-10/h2-4,7H,5-6,8-9H2,1H3,(H,17,20)(H,21,22). The summed E-state index contributed by atoms with van der Waals surface area (Å²) in [5, 5.41) is 11.5. The number of rotatable bonds is 4. The van der Waals surface area contributed by atoms with E-state index in [0.29, 0.717) is 13.0 Å². The SMILES string of the molecule is CC1(C(=O)O)CCN(C(=O)CNC(=O)c2cccc(F)c2)C1. The number of halogens is 1. The van der Waals surface area contributed by atoms with E-state index in [4.69, 9.17) is 5.11 Å². The van der Waals surface area contributed by atoms with E-state index in [1.807, 2.05) is 0 Å². The van der Waals surface area contributed by atoms with Gasteiger partial charge in [0.25, 0.3) is 5.91 Å². The van der Waals surface area contributed by atoms with Crippen LogP contribution in [0.5, 0.6) is 0 Å². The predicted molar refractivity (Wildman–Crippen MR) is 75.7 cm³/mol. The molecule has 1 aliphatic heterocycles. The lowest BCUT2D eigenvalue weighted by atomic mass is 9.90. The fourth-order valence-corrected chi connectivity index (χ4v) is 2.35. The van der Waals surface area contributed by atoms with Crippen LogP contribution >= 0.6 is 0 Å². The second-order valence-electron chi connectivity index (χ2n) is 5.62. The molecule has 1 aliphatic rings. The summed E-state index contributed by atoms with van der Waals surface area (Å²) in [6.45, 7) is 1.81. The molecule has 1 aromatic carbocycles. The quantitative estimate of drug-likeness (QED) is 0.864. The van der Waals surface area contributed by atoms with Gasteiger partial charge in [-0.25, -0.2) is 4.39 Å². The number of carbonyl (C=O) groups is 3. The highest BCUT2D eigenvalue weighted by Crippen LogP contribution is 2.29. The smallest absolute Gasteiger partial charge is 0.311 e. The average Bonchev–Trinajstić information content (AvgIpc) is 2.88. The van der Waals surface area contributed by atoms with E-state index in [-0.39, 0.29) is 24.6 Å². The van der Waals surface area contributed by atoms with Crippen LogP contribution in [0.15, 0.2) is 24.3 Å². The van der Waals surface area contributed by atoms with Gasteiger partial charge in [0.1, 0.15) is 5.82 Å². The number of likely N-dealkylation sites (tertiary alicyclic amines) is 1. The van der Waals surface area contributed by atoms with Crippen molar-refractivity contribution in [3.63, 3.8) is 0 Å². The Balaban J connectivity index is 1.89. The summed E-state index contributed by atoms with van der Waals surface area (Å²) >= 11 is 0. The molecule has 118 valence electrons. The molecule has 2 N–H and O–H groups in total. The van der Waals surface area contributed by atoms with Crippen LogP contribution in [0.3, 0.4) is 0 Å². The van der Waals surface area contributed by atoms with E-state index < -0.39 is 23.1 Å². The van der Waals surface area contributed by atoms with Crippen molar-refractivity contribution in [3.05, 3.63) is 35.6 Å². The Morgan fingerprint density at radius 3 is 2.73 bits per heavy atom. The zero-order valence-corrected chi connectivity index (χ0v) is 12.1. The van der Waals surface area contributed by atoms with Crippen molar-refractivity contribution in [1.29, 1.82) is 0 Å². The van der Waals surface area contributed by atoms with Crippen LogP contribution < -0.4 is 5.32 Å². The van der Waals surface area contributed by atoms with E-state index in [2.05, 4.69) is 5.32 Å². The maximum atomic E-state index is 13.0. The van der Waals surface area contributed by atoms with Crippen molar-refractivity contribution in [2.75, 3.05) is 19.6 Å². The summed E-state index contributed by atoms with van der Waals surface area (Å²) in [5.74, 6) is -2.37. The second-order valence-corrected chi connectivity index (χ2v) is 5.62. The molecule has 0 aliphatic carbocycles. The van der Waals surface area contributed by atoms with E-state index in [9.17, 15) is 18.8 Å². The maximum absolute atomic E-state index is 13.0. The molecule has 0 radical (unpaired) electrons. The molecule has 0 aromatic heterocycles. The fourth-order valence-electron chi connectivity index (χ4n) is 2.35. The molecule has 22 heavy (non-hydrogen) atoms. The van der Waals surface area contributed by atoms with Gasteiger partial charge in [0.05, 0.1) is 12.0 Å². The highest BCUT2D eigenvalue weighted by molar-refractivity contribution is 5.96. The molecule has 1 saturated heterocycles. The van der Waals surface area contributed by atoms with Gasteiger partial charge in [-0.15, -0.1) is 0 Å². The number of aliphatic carboxylic acids is 1. The molecular formula is C15H17FN2O4. The highest BCUT2D eigenvalue weighted by atomic mass is 19.1. The van der Waals surface area contributed by atoms with Crippen LogP contribution in [0.1, 0.15) is 23.7 Å². The third-order valence-electron chi connectivity index (χ3n) is 3.83. The summed E-state index contributed by atoms with van der Waals surface area (Å²) in [5.41, 5.74) is -0.813. The van der Waals surface area contributed by atoms with E-state index >= 15 is 0 Å². The molecule has 2 amide bonds. The monoisotopic (exact) mass is 308 g/mol. The van der Waals surface area contributed by atoms with Crippen molar-refractivity contribution in [2.24, 2.45) is 5.41 Å². The third-order valence-corrected chi connectivity index (χ3v) is 3.83. The molecule has 0 saturated carbocycles. The summed E-state index contributed by atoms with van der Waals surface area (Å²) in [7, 11) is 0. The molecule has 1 heterocycles. The fraction of sp³-hybridized carbons (Fsp3) is 0.400. The highest BCUT2D eigenvalue weighted by Gasteiger charge is 2.41. The number of benzene rings is 1. The van der Waals surface area contributed by atoms with E-state index in [0.717, 1.165) is 6.07 Å². The number of nitrogens with one attached hydrogen (secondary N) is 1. The van der Waals surface area contributed by atoms with Crippen molar-refractivity contribution in [3.8, 4) is 0 Å². The Kier molecular flexibility index (Phi) is 4.44. The van der Waals surface area contributed by atoms with Crippen molar-refractivity contribution >= 4 is 17.8 Å². The number of hydrogen-bond donors (Lipinski definition) is 2. The van der Waals surface area contributed by atoms with Gasteiger partial charge in [-0.2, -0.15) is 0 Å². The number of hydrogen-bond acceptors (Lipinski definition) is 3. The van der Waals surface area contributed by atoms with Crippen molar-refractivity contribution in [1.82, 2.24) is 10.2 Å². The van der Waals surface area contributed by atoms with Crippen LogP contribution in [-0.4, -0.2) is 47.4 Å². The minimum absolute atomic E-state index is 0.122. The van der Waals surface area contributed by atoms with Crippen molar-refractivity contribution < 1.29 is 23.9 Å². The molecule has 7 heteroatoms. The number of amides is 2. The van der Waals surface area contributed by atoms with Crippen LogP contribution in [0, 0.1) is 11.2 Å². The average molecular weight is 308 g/mol. The van der Waals surface area contributed by atoms with Gasteiger partial charge in [0.15, 0.2) is 0 Å². The van der Waals surface area contributed by atoms with E-state index in [1.165, 1.54) is 23.1 Å². The molecule has 0 bridgehead atoms. The first kappa shape index (κ1) is 15.9. The zero-order valence-electron chi connectivity index (χ0n) is 12.1. The Hall–Kier alpha value is -2.44. The van der Waals surface area contributed by atoms with Gasteiger partial charge < -0.3 is 15.3 Å². The molecule has 1 unspecified atom stereocenters. The molecule has 1 aromatic rings. The summed E-state index contributed by atoms with van der Waals surface area (Å²) in [6, 6.07) is 5.15. The zero-order chi connectivity index (χ0) is 16.3. The Morgan fingerprint density at radius 2 is 2.14 bits per heavy atom. The summed E-state index contributed by atoms with van der Waals surface area (Å²) in [4.78, 5) is 36.4. The number of carbonyl (C=O) groups excluding carboxylic acids is 2. The van der Waals surface area contributed by atoms with Gasteiger partial charge in [0, 0.05) is 18.7 Å².